The van der Waals surface area contributed by atoms with Gasteiger partial charge in [0.15, 0.2) is 5.79 Å². The van der Waals surface area contributed by atoms with Crippen LogP contribution in [0.15, 0.2) is 11.6 Å². The minimum Gasteiger partial charge on any atom is -0.463 e. The monoisotopic (exact) mass is 270 g/mol. The second-order valence-electron chi connectivity index (χ2n) is 5.37. The molecule has 0 aromatic carbocycles. The summed E-state index contributed by atoms with van der Waals surface area (Å²) in [6.07, 6.45) is 2.50. The molecule has 2 fully saturated rings. The van der Waals surface area contributed by atoms with Crippen LogP contribution in [0.5, 0.6) is 0 Å². The van der Waals surface area contributed by atoms with Crippen LogP contribution in [-0.2, 0) is 23.7 Å². The van der Waals surface area contributed by atoms with E-state index in [0.29, 0.717) is 31.8 Å². The first kappa shape index (κ1) is 14.5. The average Bonchev–Trinajstić information content (AvgIpc) is 2.73. The van der Waals surface area contributed by atoms with Crippen molar-refractivity contribution in [2.24, 2.45) is 0 Å². The Morgan fingerprint density at radius 1 is 1.37 bits per heavy atom. The fourth-order valence-electron chi connectivity index (χ4n) is 2.39. The Morgan fingerprint density at radius 3 is 2.58 bits per heavy atom. The maximum atomic E-state index is 11.6. The molecule has 0 radical (unpaired) electrons. The smallest absolute Gasteiger partial charge is 0.333 e. The number of rotatable bonds is 5. The maximum Gasteiger partial charge on any atom is 0.333 e. The molecule has 2 saturated heterocycles. The van der Waals surface area contributed by atoms with Crippen molar-refractivity contribution in [3.05, 3.63) is 11.6 Å². The zero-order chi connectivity index (χ0) is 14.1. The van der Waals surface area contributed by atoms with Gasteiger partial charge in [-0.1, -0.05) is 0 Å². The largest absolute Gasteiger partial charge is 0.463 e. The van der Waals surface area contributed by atoms with E-state index in [9.17, 15) is 4.79 Å². The third-order valence-corrected chi connectivity index (χ3v) is 3.53. The summed E-state index contributed by atoms with van der Waals surface area (Å²) >= 11 is 0. The van der Waals surface area contributed by atoms with Crippen LogP contribution < -0.4 is 0 Å². The Kier molecular flexibility index (Phi) is 3.99. The summed E-state index contributed by atoms with van der Waals surface area (Å²) in [5, 5.41) is 0. The van der Waals surface area contributed by atoms with Crippen LogP contribution in [0.1, 0.15) is 34.1 Å². The van der Waals surface area contributed by atoms with Gasteiger partial charge in [-0.25, -0.2) is 4.79 Å². The molecule has 0 spiro atoms. The minimum absolute atomic E-state index is 0.0139. The number of carbonyl (C=O) groups excluding carboxylic acids is 1. The van der Waals surface area contributed by atoms with Gasteiger partial charge in [-0.05, 0) is 33.8 Å². The molecule has 2 atom stereocenters. The average molecular weight is 270 g/mol. The molecule has 0 aromatic rings. The number of hydrogen-bond acceptors (Lipinski definition) is 5. The number of ether oxygens (including phenoxy) is 4. The van der Waals surface area contributed by atoms with Gasteiger partial charge >= 0.3 is 5.97 Å². The highest BCUT2D eigenvalue weighted by atomic mass is 16.7. The Balaban J connectivity index is 1.92. The van der Waals surface area contributed by atoms with E-state index in [2.05, 4.69) is 0 Å². The number of hydrogen-bond donors (Lipinski definition) is 0. The van der Waals surface area contributed by atoms with Crippen molar-refractivity contribution in [2.75, 3.05) is 19.8 Å². The lowest BCUT2D eigenvalue weighted by atomic mass is 9.99. The first-order valence-corrected chi connectivity index (χ1v) is 6.71. The van der Waals surface area contributed by atoms with Crippen LogP contribution in [0.2, 0.25) is 0 Å². The highest BCUT2D eigenvalue weighted by molar-refractivity contribution is 5.88. The molecule has 0 aromatic heterocycles. The number of esters is 1. The van der Waals surface area contributed by atoms with Crippen LogP contribution in [-0.4, -0.2) is 43.3 Å². The van der Waals surface area contributed by atoms with Crippen LogP contribution in [0.3, 0.4) is 0 Å². The van der Waals surface area contributed by atoms with Gasteiger partial charge in [0, 0.05) is 12.0 Å². The molecule has 2 aliphatic heterocycles. The Hall–Kier alpha value is -0.910. The zero-order valence-corrected chi connectivity index (χ0v) is 12.0. The lowest BCUT2D eigenvalue weighted by Crippen LogP contribution is -2.29. The Labute approximate surface area is 113 Å². The predicted octanol–water partition coefficient (Wildman–Crippen LogP) is 1.81. The second-order valence-corrected chi connectivity index (χ2v) is 5.37. The third kappa shape index (κ3) is 3.35. The van der Waals surface area contributed by atoms with Crippen LogP contribution in [0.25, 0.3) is 0 Å². The number of carbonyl (C=O) groups is 1. The summed E-state index contributed by atoms with van der Waals surface area (Å²) in [6, 6.07) is 0. The lowest BCUT2D eigenvalue weighted by molar-refractivity contribution is -0.149. The van der Waals surface area contributed by atoms with Crippen LogP contribution in [0, 0.1) is 0 Å². The van der Waals surface area contributed by atoms with E-state index >= 15 is 0 Å². The van der Waals surface area contributed by atoms with Crippen molar-refractivity contribution >= 4 is 5.97 Å². The van der Waals surface area contributed by atoms with Gasteiger partial charge in [0.25, 0.3) is 0 Å². The Morgan fingerprint density at radius 2 is 2.00 bits per heavy atom. The molecule has 1 unspecified atom stereocenters. The maximum absolute atomic E-state index is 11.6. The molecule has 0 N–H and O–H groups in total. The molecule has 2 aliphatic rings. The molecular formula is C14H22O5. The van der Waals surface area contributed by atoms with Crippen LogP contribution in [0.4, 0.5) is 0 Å². The van der Waals surface area contributed by atoms with E-state index in [0.717, 1.165) is 0 Å². The van der Waals surface area contributed by atoms with Crippen molar-refractivity contribution < 1.29 is 23.7 Å². The van der Waals surface area contributed by atoms with Gasteiger partial charge in [-0.15, -0.1) is 0 Å². The highest BCUT2D eigenvalue weighted by Gasteiger charge is 2.54. The zero-order valence-electron chi connectivity index (χ0n) is 12.0. The summed E-state index contributed by atoms with van der Waals surface area (Å²) in [4.78, 5) is 11.6. The summed E-state index contributed by atoms with van der Waals surface area (Å²) in [5.41, 5.74) is 0.153. The molecule has 0 bridgehead atoms. The highest BCUT2D eigenvalue weighted by Crippen LogP contribution is 2.44. The SMILES string of the molecule is CCOC(=O)/C(C)=C/C1(C)O[C@@H]1CC1(C)OCCO1. The van der Waals surface area contributed by atoms with Crippen molar-refractivity contribution in [3.8, 4) is 0 Å². The molecule has 108 valence electrons. The van der Waals surface area contributed by atoms with E-state index in [4.69, 9.17) is 18.9 Å². The molecule has 2 heterocycles. The minimum atomic E-state index is -0.561. The second kappa shape index (κ2) is 5.23. The van der Waals surface area contributed by atoms with Gasteiger partial charge < -0.3 is 18.9 Å². The van der Waals surface area contributed by atoms with Gasteiger partial charge in [0.1, 0.15) is 5.60 Å². The molecule has 0 amide bonds. The van der Waals surface area contributed by atoms with Gasteiger partial charge in [-0.3, -0.25) is 0 Å². The third-order valence-electron chi connectivity index (χ3n) is 3.53. The van der Waals surface area contributed by atoms with E-state index in [1.165, 1.54) is 0 Å². The fourth-order valence-corrected chi connectivity index (χ4v) is 2.39. The number of epoxide rings is 1. The quantitative estimate of drug-likeness (QED) is 0.433. The summed E-state index contributed by atoms with van der Waals surface area (Å²) in [5.74, 6) is -0.855. The summed E-state index contributed by atoms with van der Waals surface area (Å²) in [7, 11) is 0. The summed E-state index contributed by atoms with van der Waals surface area (Å²) < 4.78 is 21.8. The van der Waals surface area contributed by atoms with Crippen LogP contribution >= 0.6 is 0 Å². The predicted molar refractivity (Wildman–Crippen MR) is 68.6 cm³/mol. The normalized spacial score (nSPS) is 33.3. The molecule has 2 rings (SSSR count). The first-order chi connectivity index (χ1) is 8.88. The van der Waals surface area contributed by atoms with E-state index < -0.39 is 11.4 Å². The van der Waals surface area contributed by atoms with Gasteiger partial charge in [0.05, 0.1) is 25.9 Å². The topological polar surface area (TPSA) is 57.3 Å². The van der Waals surface area contributed by atoms with Gasteiger partial charge in [-0.2, -0.15) is 0 Å². The van der Waals surface area contributed by atoms with Gasteiger partial charge in [0.2, 0.25) is 0 Å². The summed E-state index contributed by atoms with van der Waals surface area (Å²) in [6.45, 7) is 9.04. The van der Waals surface area contributed by atoms with E-state index in [1.807, 2.05) is 19.9 Å². The van der Waals surface area contributed by atoms with Crippen molar-refractivity contribution in [2.45, 2.75) is 51.6 Å². The molecule has 5 heteroatoms. The molecule has 19 heavy (non-hydrogen) atoms. The lowest BCUT2D eigenvalue weighted by Gasteiger charge is -2.21. The fraction of sp³-hybridized carbons (Fsp3) is 0.786. The molecule has 0 aliphatic carbocycles. The molecule has 0 saturated carbocycles. The van der Waals surface area contributed by atoms with E-state index in [-0.39, 0.29) is 12.1 Å². The first-order valence-electron chi connectivity index (χ1n) is 6.71. The van der Waals surface area contributed by atoms with Crippen molar-refractivity contribution in [1.29, 1.82) is 0 Å². The standard InChI is InChI=1S/C14H22O5/c1-5-16-12(15)10(2)8-13(3)11(19-13)9-14(4)17-6-7-18-14/h8,11H,5-7,9H2,1-4H3/b10-8+/t11-,13?/m1/s1. The Bertz CT molecular complexity index is 383. The van der Waals surface area contributed by atoms with E-state index in [1.54, 1.807) is 13.8 Å². The molecular weight excluding hydrogens is 248 g/mol. The van der Waals surface area contributed by atoms with Crippen molar-refractivity contribution in [1.82, 2.24) is 0 Å². The van der Waals surface area contributed by atoms with Crippen molar-refractivity contribution in [3.63, 3.8) is 0 Å². The molecule has 5 nitrogen and oxygen atoms in total.